The Morgan fingerprint density at radius 2 is 1.78 bits per heavy atom. The smallest absolute Gasteiger partial charge is 0.0680 e. The molecule has 3 nitrogen and oxygen atoms in total. The lowest BCUT2D eigenvalue weighted by Gasteiger charge is -2.38. The van der Waals surface area contributed by atoms with Gasteiger partial charge in [-0.1, -0.05) is 23.7 Å². The Bertz CT molecular complexity index is 813. The van der Waals surface area contributed by atoms with Crippen LogP contribution >= 0.6 is 11.6 Å². The first-order valence-electron chi connectivity index (χ1n) is 7.78. The molecule has 3 rings (SSSR count). The SMILES string of the molecule is Cn1ncc2cc(N(Cc3ccc(Cl)cc3)C(C)(C)C)ccc21. The van der Waals surface area contributed by atoms with Gasteiger partial charge in [-0.25, -0.2) is 0 Å². The molecule has 23 heavy (non-hydrogen) atoms. The highest BCUT2D eigenvalue weighted by atomic mass is 35.5. The van der Waals surface area contributed by atoms with Crippen LogP contribution in [0.3, 0.4) is 0 Å². The Morgan fingerprint density at radius 3 is 2.43 bits per heavy atom. The van der Waals surface area contributed by atoms with Gasteiger partial charge in [0.15, 0.2) is 0 Å². The first-order valence-corrected chi connectivity index (χ1v) is 8.16. The molecule has 3 aromatic rings. The van der Waals surface area contributed by atoms with Crippen molar-refractivity contribution in [2.45, 2.75) is 32.9 Å². The first kappa shape index (κ1) is 15.9. The van der Waals surface area contributed by atoms with Crippen molar-refractivity contribution in [3.05, 3.63) is 59.2 Å². The standard InChI is InChI=1S/C19H22ClN3/c1-19(2,3)23(13-14-5-7-16(20)8-6-14)17-9-10-18-15(11-17)12-21-22(18)4/h5-12H,13H2,1-4H3. The molecule has 1 heterocycles. The van der Waals surface area contributed by atoms with Crippen LogP contribution < -0.4 is 4.90 Å². The summed E-state index contributed by atoms with van der Waals surface area (Å²) in [5.41, 5.74) is 3.60. The average Bonchev–Trinajstić information content (AvgIpc) is 2.86. The molecule has 0 N–H and O–H groups in total. The molecule has 0 radical (unpaired) electrons. The Morgan fingerprint density at radius 1 is 1.09 bits per heavy atom. The van der Waals surface area contributed by atoms with Gasteiger partial charge in [-0.2, -0.15) is 5.10 Å². The van der Waals surface area contributed by atoms with E-state index in [9.17, 15) is 0 Å². The van der Waals surface area contributed by atoms with Gasteiger partial charge in [-0.15, -0.1) is 0 Å². The molecule has 0 atom stereocenters. The second kappa shape index (κ2) is 5.89. The van der Waals surface area contributed by atoms with E-state index in [0.717, 1.165) is 22.5 Å². The molecular weight excluding hydrogens is 306 g/mol. The summed E-state index contributed by atoms with van der Waals surface area (Å²) in [4.78, 5) is 2.41. The quantitative estimate of drug-likeness (QED) is 0.672. The van der Waals surface area contributed by atoms with Crippen LogP contribution in [0.15, 0.2) is 48.7 Å². The Kier molecular flexibility index (Phi) is 4.07. The largest absolute Gasteiger partial charge is 0.362 e. The van der Waals surface area contributed by atoms with Gasteiger partial charge in [0.2, 0.25) is 0 Å². The van der Waals surface area contributed by atoms with E-state index in [1.807, 2.05) is 30.1 Å². The van der Waals surface area contributed by atoms with E-state index in [-0.39, 0.29) is 5.54 Å². The maximum atomic E-state index is 6.00. The lowest BCUT2D eigenvalue weighted by molar-refractivity contribution is 0.501. The fourth-order valence-electron chi connectivity index (χ4n) is 2.81. The van der Waals surface area contributed by atoms with Crippen molar-refractivity contribution >= 4 is 28.2 Å². The zero-order valence-electron chi connectivity index (χ0n) is 14.0. The summed E-state index contributed by atoms with van der Waals surface area (Å²) in [7, 11) is 1.97. The topological polar surface area (TPSA) is 21.1 Å². The van der Waals surface area contributed by atoms with Gasteiger partial charge in [-0.05, 0) is 56.7 Å². The summed E-state index contributed by atoms with van der Waals surface area (Å²) >= 11 is 6.00. The summed E-state index contributed by atoms with van der Waals surface area (Å²) in [6, 6.07) is 14.6. The predicted octanol–water partition coefficient (Wildman–Crippen LogP) is 5.03. The second-order valence-electron chi connectivity index (χ2n) is 6.89. The molecule has 0 saturated carbocycles. The number of benzene rings is 2. The fraction of sp³-hybridized carbons (Fsp3) is 0.316. The molecule has 4 heteroatoms. The number of aryl methyl sites for hydroxylation is 1. The predicted molar refractivity (Wildman–Crippen MR) is 98.1 cm³/mol. The molecule has 0 amide bonds. The van der Waals surface area contributed by atoms with Crippen LogP contribution in [0.5, 0.6) is 0 Å². The van der Waals surface area contributed by atoms with E-state index in [0.29, 0.717) is 0 Å². The van der Waals surface area contributed by atoms with Gasteiger partial charge in [0.1, 0.15) is 0 Å². The zero-order valence-corrected chi connectivity index (χ0v) is 14.8. The zero-order chi connectivity index (χ0) is 16.6. The molecule has 120 valence electrons. The van der Waals surface area contributed by atoms with Gasteiger partial charge in [-0.3, -0.25) is 4.68 Å². The number of hydrogen-bond donors (Lipinski definition) is 0. The Labute approximate surface area is 142 Å². The fourth-order valence-corrected chi connectivity index (χ4v) is 2.93. The van der Waals surface area contributed by atoms with E-state index in [1.165, 1.54) is 11.3 Å². The molecule has 0 aliphatic heterocycles. The van der Waals surface area contributed by atoms with Crippen LogP contribution in [0.1, 0.15) is 26.3 Å². The van der Waals surface area contributed by atoms with Crippen LogP contribution in [-0.2, 0) is 13.6 Å². The van der Waals surface area contributed by atoms with Crippen molar-refractivity contribution in [1.82, 2.24) is 9.78 Å². The van der Waals surface area contributed by atoms with Crippen molar-refractivity contribution in [1.29, 1.82) is 0 Å². The van der Waals surface area contributed by atoms with Gasteiger partial charge < -0.3 is 4.90 Å². The van der Waals surface area contributed by atoms with E-state index in [2.05, 4.69) is 61.1 Å². The third kappa shape index (κ3) is 3.35. The lowest BCUT2D eigenvalue weighted by atomic mass is 10.0. The maximum absolute atomic E-state index is 6.00. The van der Waals surface area contributed by atoms with Gasteiger partial charge >= 0.3 is 0 Å². The van der Waals surface area contributed by atoms with Crippen molar-refractivity contribution in [2.24, 2.45) is 7.05 Å². The molecule has 0 unspecified atom stereocenters. The third-order valence-corrected chi connectivity index (χ3v) is 4.36. The van der Waals surface area contributed by atoms with E-state index >= 15 is 0 Å². The van der Waals surface area contributed by atoms with Crippen LogP contribution in [0.2, 0.25) is 5.02 Å². The number of nitrogens with zero attached hydrogens (tertiary/aromatic N) is 3. The monoisotopic (exact) mass is 327 g/mol. The molecule has 0 aliphatic rings. The first-order chi connectivity index (χ1) is 10.8. The minimum atomic E-state index is 0.00945. The van der Waals surface area contributed by atoms with E-state index in [1.54, 1.807) is 0 Å². The highest BCUT2D eigenvalue weighted by molar-refractivity contribution is 6.30. The number of anilines is 1. The van der Waals surface area contributed by atoms with Crippen LogP contribution in [-0.4, -0.2) is 15.3 Å². The maximum Gasteiger partial charge on any atom is 0.0680 e. The van der Waals surface area contributed by atoms with Crippen molar-refractivity contribution in [2.75, 3.05) is 4.90 Å². The Balaban J connectivity index is 1.98. The van der Waals surface area contributed by atoms with Gasteiger partial charge in [0, 0.05) is 35.2 Å². The van der Waals surface area contributed by atoms with Crippen molar-refractivity contribution in [3.63, 3.8) is 0 Å². The van der Waals surface area contributed by atoms with E-state index < -0.39 is 0 Å². The molecule has 0 bridgehead atoms. The van der Waals surface area contributed by atoms with Gasteiger partial charge in [0.25, 0.3) is 0 Å². The molecule has 0 fully saturated rings. The highest BCUT2D eigenvalue weighted by Crippen LogP contribution is 2.29. The average molecular weight is 328 g/mol. The number of fused-ring (bicyclic) bond motifs is 1. The number of halogens is 1. The summed E-state index contributed by atoms with van der Waals surface area (Å²) in [5.74, 6) is 0. The Hall–Kier alpha value is -2.00. The van der Waals surface area contributed by atoms with Crippen LogP contribution in [0.4, 0.5) is 5.69 Å². The molecule has 2 aromatic carbocycles. The minimum absolute atomic E-state index is 0.00945. The van der Waals surface area contributed by atoms with E-state index in [4.69, 9.17) is 11.6 Å². The lowest BCUT2D eigenvalue weighted by Crippen LogP contribution is -2.40. The summed E-state index contributed by atoms with van der Waals surface area (Å²) in [6.45, 7) is 7.54. The highest BCUT2D eigenvalue weighted by Gasteiger charge is 2.22. The van der Waals surface area contributed by atoms with Crippen LogP contribution in [0, 0.1) is 0 Å². The molecule has 0 spiro atoms. The minimum Gasteiger partial charge on any atom is -0.362 e. The third-order valence-electron chi connectivity index (χ3n) is 4.11. The van der Waals surface area contributed by atoms with Crippen molar-refractivity contribution in [3.8, 4) is 0 Å². The molecule has 0 aliphatic carbocycles. The molecule has 0 saturated heterocycles. The number of rotatable bonds is 3. The second-order valence-corrected chi connectivity index (χ2v) is 7.33. The molecular formula is C19H22ClN3. The normalized spacial score (nSPS) is 11.9. The summed E-state index contributed by atoms with van der Waals surface area (Å²) in [6.07, 6.45) is 1.92. The molecule has 1 aromatic heterocycles. The van der Waals surface area contributed by atoms with Crippen LogP contribution in [0.25, 0.3) is 10.9 Å². The summed E-state index contributed by atoms with van der Waals surface area (Å²) < 4.78 is 1.90. The van der Waals surface area contributed by atoms with Crippen molar-refractivity contribution < 1.29 is 0 Å². The number of hydrogen-bond acceptors (Lipinski definition) is 2. The number of aromatic nitrogens is 2. The summed E-state index contributed by atoms with van der Waals surface area (Å²) in [5, 5.41) is 6.27. The van der Waals surface area contributed by atoms with Gasteiger partial charge in [0.05, 0.1) is 11.7 Å².